The number of hydrogen-bond donors (Lipinski definition) is 3. The lowest BCUT2D eigenvalue weighted by atomic mass is 10.1. The number of anilines is 1. The van der Waals surface area contributed by atoms with E-state index in [1.165, 1.54) is 0 Å². The second-order valence-corrected chi connectivity index (χ2v) is 4.63. The third kappa shape index (κ3) is 3.61. The third-order valence-electron chi connectivity index (χ3n) is 3.24. The van der Waals surface area contributed by atoms with Crippen molar-refractivity contribution < 1.29 is 14.9 Å². The molecule has 22 heavy (non-hydrogen) atoms. The minimum absolute atomic E-state index is 0.288. The monoisotopic (exact) mass is 297 g/mol. The molecule has 0 amide bonds. The molecule has 3 N–H and O–H groups in total. The molecule has 0 fully saturated rings. The van der Waals surface area contributed by atoms with Gasteiger partial charge in [0.15, 0.2) is 0 Å². The normalized spacial score (nSPS) is 9.73. The Bertz CT molecular complexity index is 739. The fourth-order valence-corrected chi connectivity index (χ4v) is 2.06. The van der Waals surface area contributed by atoms with E-state index < -0.39 is 0 Å². The van der Waals surface area contributed by atoms with Gasteiger partial charge in [-0.15, -0.1) is 0 Å². The fraction of sp³-hybridized carbons (Fsp3) is 0.111. The van der Waals surface area contributed by atoms with Crippen LogP contribution in [0.15, 0.2) is 60.7 Å². The molecule has 0 saturated heterocycles. The minimum Gasteiger partial charge on any atom is -0.508 e. The van der Waals surface area contributed by atoms with Gasteiger partial charge in [-0.2, -0.15) is 0 Å². The summed E-state index contributed by atoms with van der Waals surface area (Å²) in [5.41, 5.74) is 1.01. The molecule has 4 heteroatoms. The fourth-order valence-electron chi connectivity index (χ4n) is 2.06. The number of phenolic OH excluding ortho intramolecular Hbond substituents is 2. The van der Waals surface area contributed by atoms with E-state index in [0.717, 1.165) is 22.2 Å². The first-order chi connectivity index (χ1) is 10.7. The summed E-state index contributed by atoms with van der Waals surface area (Å²) >= 11 is 0. The van der Waals surface area contributed by atoms with Gasteiger partial charge in [-0.25, -0.2) is 0 Å². The molecular weight excluding hydrogens is 278 g/mol. The van der Waals surface area contributed by atoms with Crippen molar-refractivity contribution in [1.29, 1.82) is 0 Å². The summed E-state index contributed by atoms with van der Waals surface area (Å²) in [4.78, 5) is 0. The second kappa shape index (κ2) is 7.22. The van der Waals surface area contributed by atoms with E-state index >= 15 is 0 Å². The highest BCUT2D eigenvalue weighted by atomic mass is 16.5. The topological polar surface area (TPSA) is 61.7 Å². The first-order valence-electron chi connectivity index (χ1n) is 6.87. The Hall–Kier alpha value is -2.88. The van der Waals surface area contributed by atoms with Crippen molar-refractivity contribution in [2.24, 2.45) is 0 Å². The van der Waals surface area contributed by atoms with Crippen LogP contribution in [0.4, 0.5) is 5.69 Å². The van der Waals surface area contributed by atoms with Crippen LogP contribution in [0.5, 0.6) is 17.2 Å². The summed E-state index contributed by atoms with van der Waals surface area (Å²) in [5, 5.41) is 23.1. The molecule has 4 nitrogen and oxygen atoms in total. The Morgan fingerprint density at radius 3 is 2.05 bits per heavy atom. The molecule has 3 aromatic rings. The summed E-state index contributed by atoms with van der Waals surface area (Å²) in [5.74, 6) is 1.37. The smallest absolute Gasteiger partial charge is 0.126 e. The van der Waals surface area contributed by atoms with Crippen LogP contribution in [-0.2, 0) is 0 Å². The van der Waals surface area contributed by atoms with Crippen LogP contribution in [0.1, 0.15) is 0 Å². The van der Waals surface area contributed by atoms with E-state index in [0.29, 0.717) is 5.75 Å². The van der Waals surface area contributed by atoms with Crippen LogP contribution in [0.3, 0.4) is 0 Å². The van der Waals surface area contributed by atoms with Gasteiger partial charge in [0.05, 0.1) is 7.11 Å². The number of phenols is 2. The van der Waals surface area contributed by atoms with E-state index in [-0.39, 0.29) is 5.75 Å². The Labute approximate surface area is 129 Å². The largest absolute Gasteiger partial charge is 0.508 e. The van der Waals surface area contributed by atoms with Crippen molar-refractivity contribution in [3.63, 3.8) is 0 Å². The van der Waals surface area contributed by atoms with Gasteiger partial charge in [0.25, 0.3) is 0 Å². The molecule has 0 heterocycles. The van der Waals surface area contributed by atoms with Crippen LogP contribution in [0.25, 0.3) is 10.8 Å². The molecule has 0 aliphatic rings. The number of fused-ring (bicyclic) bond motifs is 1. The maximum absolute atomic E-state index is 9.54. The summed E-state index contributed by atoms with van der Waals surface area (Å²) in [6.07, 6.45) is 0. The van der Waals surface area contributed by atoms with Gasteiger partial charge >= 0.3 is 0 Å². The van der Waals surface area contributed by atoms with Crippen molar-refractivity contribution in [3.05, 3.63) is 60.7 Å². The number of aromatic hydroxyl groups is 2. The standard InChI is InChI=1S/C11H10O2.C7H9NO/c1-13-11-7-6-10(12)8-4-2-3-5-9(8)11;1-8-6-2-4-7(9)5-3-6/h2-7,12H,1H3;2-5,8-9H,1H3. The van der Waals surface area contributed by atoms with Gasteiger partial charge in [-0.3, -0.25) is 0 Å². The molecule has 0 bridgehead atoms. The molecule has 0 aliphatic heterocycles. The first kappa shape index (κ1) is 15.5. The highest BCUT2D eigenvalue weighted by molar-refractivity contribution is 5.92. The Kier molecular flexibility index (Phi) is 5.09. The summed E-state index contributed by atoms with van der Waals surface area (Å²) in [7, 11) is 3.46. The van der Waals surface area contributed by atoms with Gasteiger partial charge < -0.3 is 20.3 Å². The number of ether oxygens (including phenoxy) is 1. The number of hydrogen-bond acceptors (Lipinski definition) is 4. The van der Waals surface area contributed by atoms with Crippen molar-refractivity contribution in [3.8, 4) is 17.2 Å². The molecule has 0 atom stereocenters. The Morgan fingerprint density at radius 2 is 1.45 bits per heavy atom. The zero-order valence-corrected chi connectivity index (χ0v) is 12.6. The van der Waals surface area contributed by atoms with E-state index in [1.54, 1.807) is 31.4 Å². The van der Waals surface area contributed by atoms with Gasteiger partial charge in [-0.1, -0.05) is 24.3 Å². The molecular formula is C18H19NO3. The van der Waals surface area contributed by atoms with E-state index in [1.807, 2.05) is 43.4 Å². The summed E-state index contributed by atoms with van der Waals surface area (Å²) < 4.78 is 5.17. The molecule has 0 aromatic heterocycles. The lowest BCUT2D eigenvalue weighted by Gasteiger charge is -2.05. The first-order valence-corrected chi connectivity index (χ1v) is 6.87. The minimum atomic E-state index is 0.288. The number of rotatable bonds is 2. The third-order valence-corrected chi connectivity index (χ3v) is 3.24. The van der Waals surface area contributed by atoms with Crippen molar-refractivity contribution in [1.82, 2.24) is 0 Å². The molecule has 3 rings (SSSR count). The van der Waals surface area contributed by atoms with E-state index in [9.17, 15) is 5.11 Å². The van der Waals surface area contributed by atoms with E-state index in [4.69, 9.17) is 9.84 Å². The van der Waals surface area contributed by atoms with Crippen molar-refractivity contribution >= 4 is 16.5 Å². The predicted octanol–water partition coefficient (Wildman–Crippen LogP) is 3.99. The highest BCUT2D eigenvalue weighted by Gasteiger charge is 2.03. The van der Waals surface area contributed by atoms with Gasteiger partial charge in [-0.05, 0) is 36.4 Å². The number of benzene rings is 3. The Morgan fingerprint density at radius 1 is 0.818 bits per heavy atom. The summed E-state index contributed by atoms with van der Waals surface area (Å²) in [6.45, 7) is 0. The van der Waals surface area contributed by atoms with Crippen LogP contribution >= 0.6 is 0 Å². The van der Waals surface area contributed by atoms with Crippen molar-refractivity contribution in [2.45, 2.75) is 0 Å². The molecule has 114 valence electrons. The lowest BCUT2D eigenvalue weighted by molar-refractivity contribution is 0.418. The van der Waals surface area contributed by atoms with Crippen LogP contribution in [0, 0.1) is 0 Å². The number of nitrogens with one attached hydrogen (secondary N) is 1. The van der Waals surface area contributed by atoms with Crippen LogP contribution < -0.4 is 10.1 Å². The maximum atomic E-state index is 9.54. The molecule has 0 saturated carbocycles. The molecule has 0 aliphatic carbocycles. The van der Waals surface area contributed by atoms with Gasteiger partial charge in [0.1, 0.15) is 17.2 Å². The van der Waals surface area contributed by atoms with Crippen LogP contribution in [-0.4, -0.2) is 24.4 Å². The predicted molar refractivity (Wildman–Crippen MR) is 89.8 cm³/mol. The molecule has 0 unspecified atom stereocenters. The maximum Gasteiger partial charge on any atom is 0.126 e. The zero-order chi connectivity index (χ0) is 15.9. The molecule has 3 aromatic carbocycles. The molecule has 0 radical (unpaired) electrons. The average Bonchev–Trinajstić information content (AvgIpc) is 2.57. The number of methoxy groups -OCH3 is 1. The van der Waals surface area contributed by atoms with Gasteiger partial charge in [0, 0.05) is 23.5 Å². The quantitative estimate of drug-likeness (QED) is 0.626. The zero-order valence-electron chi connectivity index (χ0n) is 12.6. The Balaban J connectivity index is 0.000000172. The average molecular weight is 297 g/mol. The lowest BCUT2D eigenvalue weighted by Crippen LogP contribution is -1.84. The SMILES string of the molecule is CNc1ccc(O)cc1.COc1ccc(O)c2ccccc12. The van der Waals surface area contributed by atoms with Crippen LogP contribution in [0.2, 0.25) is 0 Å². The van der Waals surface area contributed by atoms with Gasteiger partial charge in [0.2, 0.25) is 0 Å². The van der Waals surface area contributed by atoms with E-state index in [2.05, 4.69) is 5.32 Å². The second-order valence-electron chi connectivity index (χ2n) is 4.63. The van der Waals surface area contributed by atoms with Crippen molar-refractivity contribution in [2.75, 3.05) is 19.5 Å². The highest BCUT2D eigenvalue weighted by Crippen LogP contribution is 2.31. The summed E-state index contributed by atoms with van der Waals surface area (Å²) in [6, 6.07) is 17.9. The molecule has 0 spiro atoms.